The lowest BCUT2D eigenvalue weighted by molar-refractivity contribution is -0.116. The molecule has 1 amide bonds. The van der Waals surface area contributed by atoms with Gasteiger partial charge in [-0.1, -0.05) is 24.3 Å². The van der Waals surface area contributed by atoms with Crippen molar-refractivity contribution in [1.82, 2.24) is 0 Å². The first-order valence-corrected chi connectivity index (χ1v) is 14.8. The molecule has 29 heavy (non-hydrogen) atoms. The third-order valence-corrected chi connectivity index (χ3v) is 13.0. The molecule has 1 aliphatic rings. The van der Waals surface area contributed by atoms with Gasteiger partial charge in [0.05, 0.1) is 30.1 Å². The highest BCUT2D eigenvalue weighted by molar-refractivity contribution is 8.65. The number of anilines is 1. The second-order valence-electron chi connectivity index (χ2n) is 6.39. The van der Waals surface area contributed by atoms with E-state index >= 15 is 0 Å². The van der Waals surface area contributed by atoms with Crippen LogP contribution in [0.4, 0.5) is 5.69 Å². The van der Waals surface area contributed by atoms with Gasteiger partial charge in [-0.25, -0.2) is 8.51 Å². The Labute approximate surface area is 184 Å². The van der Waals surface area contributed by atoms with Crippen molar-refractivity contribution in [3.8, 4) is 5.75 Å². The van der Waals surface area contributed by atoms with Crippen molar-refractivity contribution >= 4 is 62.4 Å². The molecule has 2 aromatic rings. The second kappa shape index (κ2) is 10.8. The molecule has 0 radical (unpaired) electrons. The fraction of sp³-hybridized carbons (Fsp3) is 0.450. The van der Waals surface area contributed by atoms with Gasteiger partial charge in [0.15, 0.2) is 22.8 Å². The van der Waals surface area contributed by atoms with E-state index in [0.717, 1.165) is 22.9 Å². The number of benzene rings is 2. The lowest BCUT2D eigenvalue weighted by atomic mass is 10.1. The molecule has 1 fully saturated rings. The molecule has 5 nitrogen and oxygen atoms in total. The van der Waals surface area contributed by atoms with Crippen LogP contribution in [0.25, 0.3) is 10.8 Å². The van der Waals surface area contributed by atoms with Crippen LogP contribution in [0.5, 0.6) is 5.75 Å². The van der Waals surface area contributed by atoms with Gasteiger partial charge in [0.1, 0.15) is 5.75 Å². The van der Waals surface area contributed by atoms with Crippen molar-refractivity contribution in [2.45, 2.75) is 31.7 Å². The first-order valence-electron chi connectivity index (χ1n) is 9.63. The van der Waals surface area contributed by atoms with Gasteiger partial charge in [0, 0.05) is 30.4 Å². The molecule has 1 aliphatic heterocycles. The zero-order valence-electron chi connectivity index (χ0n) is 16.5. The summed E-state index contributed by atoms with van der Waals surface area (Å²) in [5, 5.41) is 1.93. The standard InChI is InChI=1S/C20H25NO4PS3/c1-3-24-10-7-11-28-26(27)20-14-19(22)21(29(20)23)16-12-15-8-5-6-9-17(15)18(13-16)25-4-2/h5-6,8-9,12-13,20H,3-4,7,10-11,14H2,1-2H3/q+1. The Morgan fingerprint density at radius 1 is 1.28 bits per heavy atom. The summed E-state index contributed by atoms with van der Waals surface area (Å²) in [4.78, 5) is 12.4. The van der Waals surface area contributed by atoms with Gasteiger partial charge in [-0.2, -0.15) is 0 Å². The van der Waals surface area contributed by atoms with E-state index in [1.807, 2.05) is 50.2 Å². The van der Waals surface area contributed by atoms with Crippen LogP contribution in [0, 0.1) is 0 Å². The van der Waals surface area contributed by atoms with Crippen LogP contribution in [0.3, 0.4) is 0 Å². The number of fused-ring (bicyclic) bond motifs is 1. The number of carbonyl (C=O) groups excluding carboxylic acids is 1. The average Bonchev–Trinajstić information content (AvgIpc) is 3.02. The molecule has 2 aromatic carbocycles. The van der Waals surface area contributed by atoms with Gasteiger partial charge in [0.25, 0.3) is 5.90 Å². The van der Waals surface area contributed by atoms with Crippen LogP contribution in [-0.4, -0.2) is 40.7 Å². The number of hydrogen-bond donors (Lipinski definition) is 0. The lowest BCUT2D eigenvalue weighted by Gasteiger charge is -2.17. The van der Waals surface area contributed by atoms with Crippen LogP contribution in [-0.2, 0) is 32.3 Å². The first kappa shape index (κ1) is 22.6. The summed E-state index contributed by atoms with van der Waals surface area (Å²) in [6.45, 7) is 5.82. The fourth-order valence-electron chi connectivity index (χ4n) is 3.12. The highest BCUT2D eigenvalue weighted by Crippen LogP contribution is 2.50. The number of nitrogens with zero attached hydrogens (tertiary/aromatic N) is 1. The van der Waals surface area contributed by atoms with Crippen LogP contribution >= 0.6 is 17.3 Å². The highest BCUT2D eigenvalue weighted by atomic mass is 32.9. The van der Waals surface area contributed by atoms with Crippen LogP contribution in [0.15, 0.2) is 36.4 Å². The van der Waals surface area contributed by atoms with Crippen molar-refractivity contribution in [3.63, 3.8) is 0 Å². The van der Waals surface area contributed by atoms with E-state index in [4.69, 9.17) is 21.3 Å². The van der Waals surface area contributed by atoms with Crippen molar-refractivity contribution in [1.29, 1.82) is 0 Å². The zero-order chi connectivity index (χ0) is 20.8. The van der Waals surface area contributed by atoms with Gasteiger partial charge in [-0.05, 0) is 31.7 Å². The minimum atomic E-state index is -1.47. The number of amides is 1. The lowest BCUT2D eigenvalue weighted by Crippen LogP contribution is -2.25. The number of rotatable bonds is 10. The summed E-state index contributed by atoms with van der Waals surface area (Å²) in [6.07, 6.45) is 1.14. The fourth-order valence-corrected chi connectivity index (χ4v) is 10.4. The molecular formula is C20H25NO4PS3+. The molecule has 0 aromatic heterocycles. The predicted molar refractivity (Wildman–Crippen MR) is 127 cm³/mol. The zero-order valence-corrected chi connectivity index (χ0v) is 19.9. The van der Waals surface area contributed by atoms with Crippen LogP contribution in [0.2, 0.25) is 0 Å². The van der Waals surface area contributed by atoms with Gasteiger partial charge in [-0.3, -0.25) is 4.79 Å². The molecule has 1 heterocycles. The quantitative estimate of drug-likeness (QED) is 0.360. The van der Waals surface area contributed by atoms with Crippen LogP contribution in [0.1, 0.15) is 26.7 Å². The second-order valence-corrected chi connectivity index (χ2v) is 13.9. The largest absolute Gasteiger partial charge is 0.493 e. The molecule has 3 rings (SSSR count). The number of ether oxygens (including phenoxy) is 2. The Kier molecular flexibility index (Phi) is 8.45. The van der Waals surface area contributed by atoms with Crippen molar-refractivity contribution in [2.24, 2.45) is 0 Å². The molecule has 0 aliphatic carbocycles. The van der Waals surface area contributed by atoms with Crippen LogP contribution < -0.4 is 9.04 Å². The van der Waals surface area contributed by atoms with E-state index in [1.54, 1.807) is 11.4 Å². The Balaban J connectivity index is 1.78. The SMILES string of the molecule is CCOCCCS[P+](=S)C1CC(=O)N(c2cc(OCC)c3ccccc3c2)S1=O. The van der Waals surface area contributed by atoms with Gasteiger partial charge >= 0.3 is 0 Å². The highest BCUT2D eigenvalue weighted by Gasteiger charge is 2.48. The number of hydrogen-bond acceptors (Lipinski definition) is 6. The minimum Gasteiger partial charge on any atom is -0.493 e. The Hall–Kier alpha value is -1.05. The van der Waals surface area contributed by atoms with Gasteiger partial charge in [-0.15, -0.1) is 0 Å². The smallest absolute Gasteiger partial charge is 0.264 e. The third-order valence-electron chi connectivity index (χ3n) is 4.42. The van der Waals surface area contributed by atoms with E-state index in [9.17, 15) is 9.00 Å². The van der Waals surface area contributed by atoms with Crippen molar-refractivity contribution in [3.05, 3.63) is 36.4 Å². The Morgan fingerprint density at radius 3 is 2.83 bits per heavy atom. The summed E-state index contributed by atoms with van der Waals surface area (Å²) < 4.78 is 25.7. The molecule has 0 saturated carbocycles. The monoisotopic (exact) mass is 470 g/mol. The van der Waals surface area contributed by atoms with E-state index in [0.29, 0.717) is 31.3 Å². The summed E-state index contributed by atoms with van der Waals surface area (Å²) in [6, 6.07) is 11.6. The molecule has 0 bridgehead atoms. The molecule has 3 unspecified atom stereocenters. The molecule has 1 saturated heterocycles. The Bertz CT molecular complexity index is 924. The molecule has 3 atom stereocenters. The van der Waals surface area contributed by atoms with Gasteiger partial charge < -0.3 is 9.47 Å². The third kappa shape index (κ3) is 5.36. The maximum atomic E-state index is 13.2. The van der Waals surface area contributed by atoms with E-state index < -0.39 is 16.9 Å². The summed E-state index contributed by atoms with van der Waals surface area (Å²) in [5.41, 5.74) is 0.609. The first-order chi connectivity index (χ1) is 14.1. The maximum absolute atomic E-state index is 13.2. The molecular weight excluding hydrogens is 445 g/mol. The number of carbonyl (C=O) groups is 1. The van der Waals surface area contributed by atoms with E-state index in [1.165, 1.54) is 4.31 Å². The molecule has 0 spiro atoms. The molecule has 156 valence electrons. The molecule has 9 heteroatoms. The average molecular weight is 471 g/mol. The van der Waals surface area contributed by atoms with E-state index in [-0.39, 0.29) is 17.3 Å². The van der Waals surface area contributed by atoms with E-state index in [2.05, 4.69) is 0 Å². The summed E-state index contributed by atoms with van der Waals surface area (Å²) >= 11 is 7.29. The Morgan fingerprint density at radius 2 is 2.07 bits per heavy atom. The maximum Gasteiger partial charge on any atom is 0.264 e. The topological polar surface area (TPSA) is 55.8 Å². The minimum absolute atomic E-state index is 0.140. The van der Waals surface area contributed by atoms with Crippen molar-refractivity contribution in [2.75, 3.05) is 29.9 Å². The normalized spacial score (nSPS) is 19.7. The summed E-state index contributed by atoms with van der Waals surface area (Å²) in [7, 11) is -1.47. The summed E-state index contributed by atoms with van der Waals surface area (Å²) in [5.74, 6) is 0.433. The molecule has 0 N–H and O–H groups in total. The van der Waals surface area contributed by atoms with Gasteiger partial charge in [0.2, 0.25) is 10.9 Å². The van der Waals surface area contributed by atoms with Crippen molar-refractivity contribution < 1.29 is 18.5 Å². The predicted octanol–water partition coefficient (Wildman–Crippen LogP) is 4.98.